The van der Waals surface area contributed by atoms with Crippen LogP contribution >= 0.6 is 0 Å². The van der Waals surface area contributed by atoms with Crippen LogP contribution in [0.15, 0.2) is 55.0 Å². The Kier molecular flexibility index (Phi) is 5.46. The molecule has 4 heterocycles. The second-order valence-corrected chi connectivity index (χ2v) is 9.31. The summed E-state index contributed by atoms with van der Waals surface area (Å²) in [6, 6.07) is 9.96. The number of rotatable bonds is 2. The first-order chi connectivity index (χ1) is 18.3. The lowest BCUT2D eigenvalue weighted by Crippen LogP contribution is -2.32. The van der Waals surface area contributed by atoms with Crippen LogP contribution in [-0.2, 0) is 7.05 Å². The van der Waals surface area contributed by atoms with Gasteiger partial charge in [0, 0.05) is 54.6 Å². The van der Waals surface area contributed by atoms with E-state index in [4.69, 9.17) is 10.5 Å². The van der Waals surface area contributed by atoms with E-state index in [-0.39, 0.29) is 24.0 Å². The van der Waals surface area contributed by atoms with Gasteiger partial charge in [-0.1, -0.05) is 17.9 Å². The summed E-state index contributed by atoms with van der Waals surface area (Å²) in [7, 11) is 3.41. The van der Waals surface area contributed by atoms with Gasteiger partial charge in [-0.05, 0) is 36.8 Å². The number of nitrogens with zero attached hydrogens (tertiary/aromatic N) is 5. The predicted molar refractivity (Wildman–Crippen MR) is 142 cm³/mol. The number of benzene rings is 2. The highest BCUT2D eigenvalue weighted by atomic mass is 19.1. The lowest BCUT2D eigenvalue weighted by atomic mass is 10.0. The van der Waals surface area contributed by atoms with Gasteiger partial charge in [-0.2, -0.15) is 5.10 Å². The van der Waals surface area contributed by atoms with Crippen molar-refractivity contribution in [2.24, 2.45) is 7.05 Å². The molecule has 6 rings (SSSR count). The SMILES string of the molecule is Cc1ccncc1C#Cc1ccc2c(c1)OCC2N(C)C(=O)c1cc2c(cc1F)nc(N)c1cnn(C)c12. The van der Waals surface area contributed by atoms with E-state index in [9.17, 15) is 4.79 Å². The van der Waals surface area contributed by atoms with Crippen LogP contribution in [0.25, 0.3) is 21.8 Å². The van der Waals surface area contributed by atoms with Gasteiger partial charge in [0.25, 0.3) is 5.91 Å². The van der Waals surface area contributed by atoms with Crippen molar-refractivity contribution in [1.29, 1.82) is 0 Å². The summed E-state index contributed by atoms with van der Waals surface area (Å²) in [5.74, 6) is 6.07. The first-order valence-corrected chi connectivity index (χ1v) is 12.0. The minimum Gasteiger partial charge on any atom is -0.491 e. The lowest BCUT2D eigenvalue weighted by Gasteiger charge is -2.24. The second-order valence-electron chi connectivity index (χ2n) is 9.31. The Labute approximate surface area is 217 Å². The molecule has 2 aromatic carbocycles. The average molecular weight is 507 g/mol. The van der Waals surface area contributed by atoms with E-state index in [1.54, 1.807) is 37.4 Å². The van der Waals surface area contributed by atoms with E-state index in [0.717, 1.165) is 22.3 Å². The Morgan fingerprint density at radius 2 is 2.03 bits per heavy atom. The number of halogens is 1. The van der Waals surface area contributed by atoms with Crippen molar-refractivity contribution >= 4 is 33.5 Å². The minimum atomic E-state index is -0.668. The number of nitrogen functional groups attached to an aromatic ring is 1. The van der Waals surface area contributed by atoms with Gasteiger partial charge < -0.3 is 15.4 Å². The quantitative estimate of drug-likeness (QED) is 0.361. The van der Waals surface area contributed by atoms with E-state index in [0.29, 0.717) is 27.6 Å². The number of anilines is 1. The molecule has 0 aliphatic carbocycles. The molecular formula is C29H23FN6O2. The van der Waals surface area contributed by atoms with Crippen LogP contribution in [0.1, 0.15) is 38.7 Å². The molecule has 2 N–H and O–H groups in total. The summed E-state index contributed by atoms with van der Waals surface area (Å²) in [4.78, 5) is 23.5. The summed E-state index contributed by atoms with van der Waals surface area (Å²) in [6.45, 7) is 2.24. The number of aryl methyl sites for hydroxylation is 2. The third-order valence-electron chi connectivity index (χ3n) is 6.96. The van der Waals surface area contributed by atoms with Crippen LogP contribution in [0.2, 0.25) is 0 Å². The number of likely N-dealkylation sites (N-methyl/N-ethyl adjacent to an activating group) is 1. The molecule has 1 atom stereocenters. The molecule has 0 saturated carbocycles. The average Bonchev–Trinajstić information content (AvgIpc) is 3.51. The van der Waals surface area contributed by atoms with Gasteiger partial charge in [-0.3, -0.25) is 14.5 Å². The molecule has 188 valence electrons. The van der Waals surface area contributed by atoms with E-state index in [1.807, 2.05) is 31.2 Å². The molecule has 0 bridgehead atoms. The van der Waals surface area contributed by atoms with E-state index >= 15 is 4.39 Å². The van der Waals surface area contributed by atoms with Crippen LogP contribution in [0.4, 0.5) is 10.2 Å². The number of hydrogen-bond acceptors (Lipinski definition) is 6. The molecule has 1 amide bonds. The summed E-state index contributed by atoms with van der Waals surface area (Å²) in [5.41, 5.74) is 10.6. The van der Waals surface area contributed by atoms with Crippen LogP contribution in [0.3, 0.4) is 0 Å². The highest BCUT2D eigenvalue weighted by molar-refractivity contribution is 6.10. The Hall–Kier alpha value is -4.97. The fourth-order valence-corrected chi connectivity index (χ4v) is 4.80. The summed E-state index contributed by atoms with van der Waals surface area (Å²) >= 11 is 0. The first-order valence-electron chi connectivity index (χ1n) is 12.0. The maximum atomic E-state index is 15.2. The molecule has 3 aromatic heterocycles. The Morgan fingerprint density at radius 3 is 2.84 bits per heavy atom. The summed E-state index contributed by atoms with van der Waals surface area (Å²) < 4.78 is 22.7. The highest BCUT2D eigenvalue weighted by Crippen LogP contribution is 2.37. The van der Waals surface area contributed by atoms with E-state index in [2.05, 4.69) is 26.9 Å². The number of hydrogen-bond donors (Lipinski definition) is 1. The molecule has 0 fully saturated rings. The first kappa shape index (κ1) is 23.4. The van der Waals surface area contributed by atoms with Crippen LogP contribution in [-0.4, -0.2) is 44.2 Å². The number of fused-ring (bicyclic) bond motifs is 4. The smallest absolute Gasteiger partial charge is 0.257 e. The van der Waals surface area contributed by atoms with Gasteiger partial charge in [-0.25, -0.2) is 9.37 Å². The number of ether oxygens (including phenoxy) is 1. The minimum absolute atomic E-state index is 0.0585. The van der Waals surface area contributed by atoms with Crippen molar-refractivity contribution in [3.63, 3.8) is 0 Å². The van der Waals surface area contributed by atoms with E-state index in [1.165, 1.54) is 17.0 Å². The fourth-order valence-electron chi connectivity index (χ4n) is 4.80. The van der Waals surface area contributed by atoms with Gasteiger partial charge >= 0.3 is 0 Å². The van der Waals surface area contributed by atoms with Crippen molar-refractivity contribution < 1.29 is 13.9 Å². The molecule has 0 radical (unpaired) electrons. The Balaban J connectivity index is 1.31. The van der Waals surface area contributed by atoms with Crippen LogP contribution < -0.4 is 10.5 Å². The lowest BCUT2D eigenvalue weighted by molar-refractivity contribution is 0.0704. The normalized spacial score (nSPS) is 14.2. The molecule has 0 spiro atoms. The number of nitrogens with two attached hydrogens (primary N) is 1. The van der Waals surface area contributed by atoms with Gasteiger partial charge in [0.05, 0.1) is 34.2 Å². The maximum Gasteiger partial charge on any atom is 0.257 e. The van der Waals surface area contributed by atoms with Crippen molar-refractivity contribution in [2.75, 3.05) is 19.4 Å². The molecule has 9 heteroatoms. The van der Waals surface area contributed by atoms with Gasteiger partial charge in [0.2, 0.25) is 0 Å². The predicted octanol–water partition coefficient (Wildman–Crippen LogP) is 4.15. The third-order valence-corrected chi connectivity index (χ3v) is 6.96. The van der Waals surface area contributed by atoms with Crippen molar-refractivity contribution in [2.45, 2.75) is 13.0 Å². The van der Waals surface area contributed by atoms with Gasteiger partial charge in [-0.15, -0.1) is 0 Å². The zero-order chi connectivity index (χ0) is 26.6. The molecule has 8 nitrogen and oxygen atoms in total. The standard InChI is InChI=1S/C29H23FN6O2/c1-16-8-9-32-13-18(16)6-4-17-5-7-19-25(15-38-26(19)10-17)35(2)29(37)20-11-21-24(12-23(20)30)34-28(31)22-14-33-36(3)27(21)22/h5,7-14,25H,15H2,1-3H3,(H2,31,34). The number of aromatic nitrogens is 4. The van der Waals surface area contributed by atoms with Crippen LogP contribution in [0, 0.1) is 24.6 Å². The van der Waals surface area contributed by atoms with E-state index < -0.39 is 11.7 Å². The second kappa shape index (κ2) is 8.85. The van der Waals surface area contributed by atoms with Crippen molar-refractivity contribution in [3.05, 3.63) is 88.6 Å². The highest BCUT2D eigenvalue weighted by Gasteiger charge is 2.32. The number of amides is 1. The van der Waals surface area contributed by atoms with Crippen molar-refractivity contribution in [1.82, 2.24) is 24.6 Å². The van der Waals surface area contributed by atoms with Gasteiger partial charge in [0.15, 0.2) is 0 Å². The largest absolute Gasteiger partial charge is 0.491 e. The Morgan fingerprint density at radius 1 is 1.18 bits per heavy atom. The Bertz CT molecular complexity index is 1830. The third kappa shape index (κ3) is 3.78. The molecule has 1 aliphatic heterocycles. The zero-order valence-corrected chi connectivity index (χ0v) is 21.0. The topological polar surface area (TPSA) is 99.2 Å². The number of carbonyl (C=O) groups excluding carboxylic acids is 1. The zero-order valence-electron chi connectivity index (χ0n) is 21.0. The molecule has 1 aliphatic rings. The maximum absolute atomic E-state index is 15.2. The molecule has 1 unspecified atom stereocenters. The molecular weight excluding hydrogens is 483 g/mol. The van der Waals surface area contributed by atoms with Gasteiger partial charge in [0.1, 0.15) is 24.0 Å². The molecule has 38 heavy (non-hydrogen) atoms. The van der Waals surface area contributed by atoms with Crippen molar-refractivity contribution in [3.8, 4) is 17.6 Å². The number of pyridine rings is 2. The summed E-state index contributed by atoms with van der Waals surface area (Å²) in [5, 5.41) is 5.49. The van der Waals surface area contributed by atoms with Crippen LogP contribution in [0.5, 0.6) is 5.75 Å². The molecule has 0 saturated heterocycles. The molecule has 5 aromatic rings. The number of carbonyl (C=O) groups is 1. The summed E-state index contributed by atoms with van der Waals surface area (Å²) in [6.07, 6.45) is 5.08. The fraction of sp³-hybridized carbons (Fsp3) is 0.172. The monoisotopic (exact) mass is 506 g/mol.